The number of hydrogen-bond donors (Lipinski definition) is 0. The smallest absolute Gasteiger partial charge is 0.164 e. The molecule has 75 heavy (non-hydrogen) atoms. The van der Waals surface area contributed by atoms with E-state index in [0.717, 1.165) is 66.5 Å². The lowest BCUT2D eigenvalue weighted by molar-refractivity contribution is 0.669. The predicted molar refractivity (Wildman–Crippen MR) is 305 cm³/mol. The first-order valence-electron chi connectivity index (χ1n) is 25.6. The van der Waals surface area contributed by atoms with Gasteiger partial charge in [-0.15, -0.1) is 0 Å². The Balaban J connectivity index is 0.857. The fraction of sp³-hybridized carbons (Fsp3) is 0.0143. The summed E-state index contributed by atoms with van der Waals surface area (Å²) >= 11 is 0. The van der Waals surface area contributed by atoms with E-state index in [1.165, 1.54) is 66.4 Å². The van der Waals surface area contributed by atoms with Crippen molar-refractivity contribution < 1.29 is 4.42 Å². The number of rotatable bonds is 6. The van der Waals surface area contributed by atoms with Crippen molar-refractivity contribution in [2.24, 2.45) is 0 Å². The number of furan rings is 1. The Hall–Kier alpha value is -9.97. The molecular formula is C70H42N4O. The van der Waals surface area contributed by atoms with Crippen LogP contribution in [0.5, 0.6) is 0 Å². The fourth-order valence-electron chi connectivity index (χ4n) is 12.6. The first kappa shape index (κ1) is 41.6. The Morgan fingerprint density at radius 3 is 1.31 bits per heavy atom. The van der Waals surface area contributed by atoms with Crippen molar-refractivity contribution in [3.63, 3.8) is 0 Å². The van der Waals surface area contributed by atoms with Crippen molar-refractivity contribution in [3.05, 3.63) is 277 Å². The monoisotopic (exact) mass is 954 g/mol. The second kappa shape index (κ2) is 16.0. The molecule has 0 fully saturated rings. The van der Waals surface area contributed by atoms with Gasteiger partial charge in [-0.3, -0.25) is 0 Å². The van der Waals surface area contributed by atoms with Gasteiger partial charge in [0, 0.05) is 43.9 Å². The van der Waals surface area contributed by atoms with Crippen LogP contribution in [-0.4, -0.2) is 19.5 Å². The topological polar surface area (TPSA) is 56.7 Å². The maximum atomic E-state index is 6.52. The largest absolute Gasteiger partial charge is 0.456 e. The van der Waals surface area contributed by atoms with E-state index in [1.54, 1.807) is 0 Å². The molecule has 5 heteroatoms. The third-order valence-electron chi connectivity index (χ3n) is 15.9. The molecule has 0 saturated carbocycles. The van der Waals surface area contributed by atoms with Crippen LogP contribution in [0.1, 0.15) is 22.3 Å². The minimum Gasteiger partial charge on any atom is -0.456 e. The molecule has 3 aromatic heterocycles. The number of nitrogens with zero attached hydrogens (tertiary/aromatic N) is 4. The van der Waals surface area contributed by atoms with Crippen molar-refractivity contribution in [1.82, 2.24) is 19.5 Å². The Morgan fingerprint density at radius 1 is 0.293 bits per heavy atom. The minimum absolute atomic E-state index is 0.412. The van der Waals surface area contributed by atoms with Gasteiger partial charge < -0.3 is 8.98 Å². The molecule has 0 aliphatic heterocycles. The molecule has 0 atom stereocenters. The highest BCUT2D eigenvalue weighted by atomic mass is 16.3. The van der Waals surface area contributed by atoms with Crippen LogP contribution >= 0.6 is 0 Å². The minimum atomic E-state index is -0.412. The van der Waals surface area contributed by atoms with Crippen LogP contribution in [0.2, 0.25) is 0 Å². The van der Waals surface area contributed by atoms with Gasteiger partial charge in [-0.2, -0.15) is 0 Å². The molecule has 11 aromatic carbocycles. The van der Waals surface area contributed by atoms with E-state index in [4.69, 9.17) is 19.4 Å². The lowest BCUT2D eigenvalue weighted by Gasteiger charge is -2.30. The lowest BCUT2D eigenvalue weighted by Crippen LogP contribution is -2.25. The molecule has 0 saturated heterocycles. The zero-order valence-corrected chi connectivity index (χ0v) is 40.4. The third kappa shape index (κ3) is 6.10. The molecule has 5 nitrogen and oxygen atoms in total. The van der Waals surface area contributed by atoms with Gasteiger partial charge in [-0.25, -0.2) is 15.0 Å². The van der Waals surface area contributed by atoms with E-state index in [2.05, 4.69) is 187 Å². The molecule has 2 aliphatic rings. The standard InChI is InChI=1S/C70H42N4O/c1-4-17-43(18-5-1)67-71-68(44-19-6-2-7-20-44)73-69(72-67)48-34-38-65-57(42-48)56-40-46(33-37-64(56)75-65)45-31-35-62-54(39-45)55-41-47(32-36-63(55)74(62)49-21-8-3-9-22-49)50-26-16-30-61-66(50)53-25-12-15-29-60(53)70(61)58-27-13-10-23-51(58)52-24-11-14-28-59(52)70/h1-42H. The third-order valence-corrected chi connectivity index (χ3v) is 15.9. The van der Waals surface area contributed by atoms with E-state index in [1.807, 2.05) is 72.8 Å². The summed E-state index contributed by atoms with van der Waals surface area (Å²) in [5, 5.41) is 4.42. The van der Waals surface area contributed by atoms with Crippen LogP contribution < -0.4 is 0 Å². The van der Waals surface area contributed by atoms with Crippen molar-refractivity contribution in [1.29, 1.82) is 0 Å². The molecule has 3 heterocycles. The van der Waals surface area contributed by atoms with Crippen LogP contribution in [-0.2, 0) is 5.41 Å². The highest BCUT2D eigenvalue weighted by Gasteiger charge is 2.52. The highest BCUT2D eigenvalue weighted by Crippen LogP contribution is 2.64. The molecule has 1 spiro atoms. The summed E-state index contributed by atoms with van der Waals surface area (Å²) < 4.78 is 8.93. The van der Waals surface area contributed by atoms with Gasteiger partial charge in [0.15, 0.2) is 17.5 Å². The molecule has 348 valence electrons. The maximum absolute atomic E-state index is 6.52. The Morgan fingerprint density at radius 2 is 0.707 bits per heavy atom. The molecule has 16 rings (SSSR count). The van der Waals surface area contributed by atoms with Gasteiger partial charge in [-0.05, 0) is 133 Å². The van der Waals surface area contributed by atoms with E-state index < -0.39 is 5.41 Å². The average molecular weight is 955 g/mol. The first-order valence-corrected chi connectivity index (χ1v) is 25.6. The summed E-state index contributed by atoms with van der Waals surface area (Å²) in [6.45, 7) is 0. The molecule has 0 amide bonds. The number of hydrogen-bond acceptors (Lipinski definition) is 4. The number of para-hydroxylation sites is 1. The van der Waals surface area contributed by atoms with Gasteiger partial charge in [0.25, 0.3) is 0 Å². The predicted octanol–water partition coefficient (Wildman–Crippen LogP) is 17.5. The van der Waals surface area contributed by atoms with Crippen molar-refractivity contribution in [2.45, 2.75) is 5.41 Å². The summed E-state index contributed by atoms with van der Waals surface area (Å²) in [5.74, 6) is 1.86. The summed E-state index contributed by atoms with van der Waals surface area (Å²) in [7, 11) is 0. The molecule has 0 N–H and O–H groups in total. The quantitative estimate of drug-likeness (QED) is 0.167. The van der Waals surface area contributed by atoms with Crippen molar-refractivity contribution >= 4 is 43.7 Å². The van der Waals surface area contributed by atoms with Gasteiger partial charge in [0.2, 0.25) is 0 Å². The fourth-order valence-corrected chi connectivity index (χ4v) is 12.6. The summed E-state index contributed by atoms with van der Waals surface area (Å²) in [6, 6.07) is 91.9. The van der Waals surface area contributed by atoms with Crippen LogP contribution in [0.4, 0.5) is 0 Å². The summed E-state index contributed by atoms with van der Waals surface area (Å²) in [4.78, 5) is 15.0. The maximum Gasteiger partial charge on any atom is 0.164 e. The van der Waals surface area contributed by atoms with E-state index >= 15 is 0 Å². The van der Waals surface area contributed by atoms with Crippen LogP contribution in [0, 0.1) is 0 Å². The zero-order chi connectivity index (χ0) is 49.2. The van der Waals surface area contributed by atoms with Gasteiger partial charge in [0.05, 0.1) is 16.4 Å². The second-order valence-corrected chi connectivity index (χ2v) is 19.8. The lowest BCUT2D eigenvalue weighted by atomic mass is 9.70. The van der Waals surface area contributed by atoms with Crippen molar-refractivity contribution in [3.8, 4) is 84.4 Å². The molecule has 14 aromatic rings. The van der Waals surface area contributed by atoms with Crippen LogP contribution in [0.25, 0.3) is 128 Å². The number of aromatic nitrogens is 4. The zero-order valence-electron chi connectivity index (χ0n) is 40.4. The van der Waals surface area contributed by atoms with E-state index in [-0.39, 0.29) is 0 Å². The van der Waals surface area contributed by atoms with Crippen molar-refractivity contribution in [2.75, 3.05) is 0 Å². The van der Waals surface area contributed by atoms with Gasteiger partial charge in [-0.1, -0.05) is 188 Å². The average Bonchev–Trinajstić information content (AvgIpc) is 4.41. The van der Waals surface area contributed by atoms with Gasteiger partial charge in [0.1, 0.15) is 11.2 Å². The normalized spacial score (nSPS) is 12.9. The highest BCUT2D eigenvalue weighted by molar-refractivity contribution is 6.13. The van der Waals surface area contributed by atoms with Crippen LogP contribution in [0.3, 0.4) is 0 Å². The Bertz CT molecular complexity index is 4550. The molecule has 0 bridgehead atoms. The van der Waals surface area contributed by atoms with E-state index in [9.17, 15) is 0 Å². The van der Waals surface area contributed by atoms with Crippen LogP contribution in [0.15, 0.2) is 259 Å². The van der Waals surface area contributed by atoms with Gasteiger partial charge >= 0.3 is 0 Å². The Labute approximate surface area is 432 Å². The van der Waals surface area contributed by atoms with E-state index in [0.29, 0.717) is 17.5 Å². The Kier molecular flexibility index (Phi) is 8.89. The second-order valence-electron chi connectivity index (χ2n) is 19.8. The molecular weight excluding hydrogens is 913 g/mol. The summed E-state index contributed by atoms with van der Waals surface area (Å²) in [5.41, 5.74) is 22.7. The first-order chi connectivity index (χ1) is 37.2. The number of benzene rings is 11. The number of fused-ring (bicyclic) bond motifs is 16. The molecule has 2 aliphatic carbocycles. The molecule has 0 unspecified atom stereocenters. The summed E-state index contributed by atoms with van der Waals surface area (Å²) in [6.07, 6.45) is 0. The molecule has 0 radical (unpaired) electrons. The SMILES string of the molecule is c1ccc(-c2nc(-c3ccccc3)nc(-c3ccc4oc5ccc(-c6ccc7c(c6)c6cc(-c8cccc9c8-c8ccccc8C98c9ccccc9-c9ccccc98)ccc6n7-c6ccccc6)cc5c4c3)n2)cc1.